The maximum Gasteiger partial charge on any atom is 0.171 e. The predicted molar refractivity (Wildman–Crippen MR) is 65.9 cm³/mol. The molecule has 18 heavy (non-hydrogen) atoms. The summed E-state index contributed by atoms with van der Waals surface area (Å²) in [5.74, 6) is 0.313. The van der Waals surface area contributed by atoms with Crippen LogP contribution in [0.1, 0.15) is 5.56 Å². The van der Waals surface area contributed by atoms with Crippen molar-refractivity contribution in [2.75, 3.05) is 40.6 Å². The summed E-state index contributed by atoms with van der Waals surface area (Å²) in [6, 6.07) is 3.25. The van der Waals surface area contributed by atoms with Crippen molar-refractivity contribution >= 4 is 0 Å². The highest BCUT2D eigenvalue weighted by atomic mass is 19.1. The van der Waals surface area contributed by atoms with Crippen LogP contribution in [0.5, 0.6) is 11.5 Å². The van der Waals surface area contributed by atoms with E-state index < -0.39 is 5.82 Å². The van der Waals surface area contributed by atoms with Gasteiger partial charge in [-0.15, -0.1) is 0 Å². The van der Waals surface area contributed by atoms with E-state index in [1.54, 1.807) is 33.3 Å². The molecule has 4 nitrogen and oxygen atoms in total. The van der Waals surface area contributed by atoms with E-state index in [1.165, 1.54) is 0 Å². The van der Waals surface area contributed by atoms with E-state index in [1.807, 2.05) is 0 Å². The molecule has 0 fully saturated rings. The maximum atomic E-state index is 13.9. The van der Waals surface area contributed by atoms with Gasteiger partial charge in [-0.1, -0.05) is 0 Å². The van der Waals surface area contributed by atoms with Crippen LogP contribution in [0.25, 0.3) is 0 Å². The van der Waals surface area contributed by atoms with Crippen molar-refractivity contribution in [2.45, 2.75) is 6.92 Å². The van der Waals surface area contributed by atoms with Gasteiger partial charge in [0.15, 0.2) is 11.6 Å². The van der Waals surface area contributed by atoms with Gasteiger partial charge in [0.25, 0.3) is 0 Å². The van der Waals surface area contributed by atoms with Gasteiger partial charge in [-0.3, -0.25) is 0 Å². The van der Waals surface area contributed by atoms with Crippen molar-refractivity contribution in [3.8, 4) is 11.5 Å². The van der Waals surface area contributed by atoms with Gasteiger partial charge in [0.1, 0.15) is 19.0 Å². The summed E-state index contributed by atoms with van der Waals surface area (Å²) in [5, 5.41) is 0. The first kappa shape index (κ1) is 14.7. The molecular formula is C13H19FO4. The Hall–Kier alpha value is -1.33. The monoisotopic (exact) mass is 258 g/mol. The highest BCUT2D eigenvalue weighted by Gasteiger charge is 2.11. The smallest absolute Gasteiger partial charge is 0.171 e. The zero-order valence-corrected chi connectivity index (χ0v) is 11.0. The van der Waals surface area contributed by atoms with E-state index in [-0.39, 0.29) is 5.75 Å². The van der Waals surface area contributed by atoms with Gasteiger partial charge in [0.05, 0.1) is 13.2 Å². The van der Waals surface area contributed by atoms with E-state index in [0.717, 1.165) is 0 Å². The molecule has 0 saturated carbocycles. The van der Waals surface area contributed by atoms with Gasteiger partial charge in [0, 0.05) is 19.8 Å². The second-order valence-corrected chi connectivity index (χ2v) is 3.68. The molecule has 5 heteroatoms. The van der Waals surface area contributed by atoms with E-state index in [9.17, 15) is 4.39 Å². The average Bonchev–Trinajstić information content (AvgIpc) is 2.37. The molecule has 0 atom stereocenters. The fourth-order valence-corrected chi connectivity index (χ4v) is 1.38. The molecule has 0 saturated heterocycles. The summed E-state index contributed by atoms with van der Waals surface area (Å²) in [5.41, 5.74) is 0.431. The van der Waals surface area contributed by atoms with Crippen LogP contribution in [0.15, 0.2) is 12.1 Å². The third kappa shape index (κ3) is 4.16. The lowest BCUT2D eigenvalue weighted by Gasteiger charge is -2.12. The lowest BCUT2D eigenvalue weighted by atomic mass is 10.2. The van der Waals surface area contributed by atoms with Crippen LogP contribution in [0, 0.1) is 12.7 Å². The van der Waals surface area contributed by atoms with Crippen LogP contribution >= 0.6 is 0 Å². The van der Waals surface area contributed by atoms with Crippen LogP contribution in [0.2, 0.25) is 0 Å². The van der Waals surface area contributed by atoms with E-state index >= 15 is 0 Å². The first-order chi connectivity index (χ1) is 8.70. The van der Waals surface area contributed by atoms with Crippen LogP contribution in [-0.4, -0.2) is 40.6 Å². The zero-order valence-electron chi connectivity index (χ0n) is 11.0. The summed E-state index contributed by atoms with van der Waals surface area (Å²) in [7, 11) is 3.15. The summed E-state index contributed by atoms with van der Waals surface area (Å²) in [4.78, 5) is 0. The highest BCUT2D eigenvalue weighted by Crippen LogP contribution is 2.28. The SMILES string of the molecule is COCCOc1ccc(OCCOC)c(F)c1C. The Morgan fingerprint density at radius 2 is 1.39 bits per heavy atom. The maximum absolute atomic E-state index is 13.9. The van der Waals surface area contributed by atoms with E-state index in [2.05, 4.69) is 0 Å². The van der Waals surface area contributed by atoms with Crippen molar-refractivity contribution in [3.63, 3.8) is 0 Å². The Labute approximate surface area is 107 Å². The molecule has 0 aliphatic carbocycles. The molecule has 102 valence electrons. The molecule has 0 aliphatic rings. The van der Waals surface area contributed by atoms with Gasteiger partial charge >= 0.3 is 0 Å². The zero-order chi connectivity index (χ0) is 13.4. The van der Waals surface area contributed by atoms with E-state index in [4.69, 9.17) is 18.9 Å². The lowest BCUT2D eigenvalue weighted by Crippen LogP contribution is -2.08. The molecule has 0 N–H and O–H groups in total. The first-order valence-electron chi connectivity index (χ1n) is 5.73. The molecule has 1 rings (SSSR count). The molecule has 0 heterocycles. The minimum absolute atomic E-state index is 0.212. The highest BCUT2D eigenvalue weighted by molar-refractivity contribution is 5.41. The number of halogens is 1. The van der Waals surface area contributed by atoms with Crippen molar-refractivity contribution in [3.05, 3.63) is 23.5 Å². The van der Waals surface area contributed by atoms with Crippen LogP contribution in [-0.2, 0) is 9.47 Å². The number of hydrogen-bond acceptors (Lipinski definition) is 4. The molecular weight excluding hydrogens is 239 g/mol. The normalized spacial score (nSPS) is 10.4. The second kappa shape index (κ2) is 7.89. The molecule has 0 aliphatic heterocycles. The average molecular weight is 258 g/mol. The van der Waals surface area contributed by atoms with Crippen molar-refractivity contribution in [1.29, 1.82) is 0 Å². The molecule has 0 amide bonds. The first-order valence-corrected chi connectivity index (χ1v) is 5.73. The largest absolute Gasteiger partial charge is 0.491 e. The third-order valence-electron chi connectivity index (χ3n) is 2.39. The van der Waals surface area contributed by atoms with Gasteiger partial charge in [-0.25, -0.2) is 4.39 Å². The fourth-order valence-electron chi connectivity index (χ4n) is 1.38. The molecule has 1 aromatic carbocycles. The van der Waals surface area contributed by atoms with Crippen LogP contribution in [0.3, 0.4) is 0 Å². The molecule has 0 spiro atoms. The summed E-state index contributed by atoms with van der Waals surface area (Å²) in [6.07, 6.45) is 0. The lowest BCUT2D eigenvalue weighted by molar-refractivity contribution is 0.141. The number of hydrogen-bond donors (Lipinski definition) is 0. The third-order valence-corrected chi connectivity index (χ3v) is 2.39. The van der Waals surface area contributed by atoms with Gasteiger partial charge in [-0.2, -0.15) is 0 Å². The summed E-state index contributed by atoms with van der Waals surface area (Å²) in [6.45, 7) is 3.25. The molecule has 0 aromatic heterocycles. The standard InChI is InChI=1S/C13H19FO4/c1-10-11(17-8-6-15-2)4-5-12(13(10)14)18-9-7-16-3/h4-5H,6-9H2,1-3H3. The second-order valence-electron chi connectivity index (χ2n) is 3.68. The molecule has 1 aromatic rings. The molecule has 0 radical (unpaired) electrons. The Balaban J connectivity index is 2.65. The minimum atomic E-state index is -0.402. The van der Waals surface area contributed by atoms with Crippen LogP contribution < -0.4 is 9.47 Å². The molecule has 0 bridgehead atoms. The Morgan fingerprint density at radius 1 is 0.889 bits per heavy atom. The van der Waals surface area contributed by atoms with Crippen molar-refractivity contribution < 1.29 is 23.3 Å². The van der Waals surface area contributed by atoms with E-state index in [0.29, 0.717) is 37.7 Å². The van der Waals surface area contributed by atoms with Gasteiger partial charge in [0.2, 0.25) is 0 Å². The Bertz CT molecular complexity index is 333. The van der Waals surface area contributed by atoms with Crippen molar-refractivity contribution in [1.82, 2.24) is 0 Å². The predicted octanol–water partition coefficient (Wildman–Crippen LogP) is 2.18. The number of methoxy groups -OCH3 is 2. The number of ether oxygens (including phenoxy) is 4. The Kier molecular flexibility index (Phi) is 6.46. The van der Waals surface area contributed by atoms with Gasteiger partial charge < -0.3 is 18.9 Å². The topological polar surface area (TPSA) is 36.9 Å². The number of rotatable bonds is 8. The fraction of sp³-hybridized carbons (Fsp3) is 0.538. The quantitative estimate of drug-likeness (QED) is 0.670. The summed E-state index contributed by atoms with van der Waals surface area (Å²) >= 11 is 0. The molecule has 0 unspecified atom stereocenters. The minimum Gasteiger partial charge on any atom is -0.491 e. The van der Waals surface area contributed by atoms with Gasteiger partial charge in [-0.05, 0) is 19.1 Å². The Morgan fingerprint density at radius 3 is 1.94 bits per heavy atom. The van der Waals surface area contributed by atoms with Crippen LogP contribution in [0.4, 0.5) is 4.39 Å². The number of benzene rings is 1. The van der Waals surface area contributed by atoms with Crippen molar-refractivity contribution in [2.24, 2.45) is 0 Å². The summed E-state index contributed by atoms with van der Waals surface area (Å²) < 4.78 is 34.3.